The van der Waals surface area contributed by atoms with Crippen LogP contribution in [-0.2, 0) is 9.53 Å². The molecule has 3 nitrogen and oxygen atoms in total. The van der Waals surface area contributed by atoms with Gasteiger partial charge in [-0.15, -0.1) is 0 Å². The third-order valence-electron chi connectivity index (χ3n) is 4.82. The van der Waals surface area contributed by atoms with Gasteiger partial charge in [-0.25, -0.2) is 0 Å². The number of rotatable bonds is 1. The topological polar surface area (TPSA) is 46.5 Å². The molecule has 1 N–H and O–H groups in total. The number of aliphatic hydroxyl groups is 1. The molecule has 2 aliphatic rings. The fraction of sp³-hybridized carbons (Fsp3) is 0.812. The number of carbonyl (C=O) groups is 1. The number of fused-ring (bicyclic) bond motifs is 1. The molecule has 1 fully saturated rings. The zero-order valence-corrected chi connectivity index (χ0v) is 12.5. The zero-order chi connectivity index (χ0) is 14.2. The quantitative estimate of drug-likeness (QED) is 0.586. The summed E-state index contributed by atoms with van der Waals surface area (Å²) in [5.41, 5.74) is 1.41. The van der Waals surface area contributed by atoms with E-state index in [1.54, 1.807) is 0 Å². The molecule has 1 saturated carbocycles. The van der Waals surface area contributed by atoms with Crippen molar-refractivity contribution in [1.82, 2.24) is 0 Å². The SMILES string of the molecule is CC(=O)OC1CC(C)=CCCC(O)C2CC(C)(C)C12. The molecule has 2 aliphatic carbocycles. The van der Waals surface area contributed by atoms with Crippen LogP contribution in [0, 0.1) is 17.3 Å². The van der Waals surface area contributed by atoms with E-state index in [-0.39, 0.29) is 35.4 Å². The van der Waals surface area contributed by atoms with E-state index in [4.69, 9.17) is 4.74 Å². The van der Waals surface area contributed by atoms with Gasteiger partial charge in [0, 0.05) is 19.3 Å². The lowest BCUT2D eigenvalue weighted by molar-refractivity contribution is -0.174. The summed E-state index contributed by atoms with van der Waals surface area (Å²) in [6.45, 7) is 8.00. The fourth-order valence-electron chi connectivity index (χ4n) is 4.01. The van der Waals surface area contributed by atoms with Crippen LogP contribution < -0.4 is 0 Å². The maximum absolute atomic E-state index is 11.4. The Labute approximate surface area is 116 Å². The average molecular weight is 266 g/mol. The van der Waals surface area contributed by atoms with Crippen molar-refractivity contribution >= 4 is 5.97 Å². The molecular weight excluding hydrogens is 240 g/mol. The first kappa shape index (κ1) is 14.6. The summed E-state index contributed by atoms with van der Waals surface area (Å²) in [4.78, 5) is 11.4. The van der Waals surface area contributed by atoms with E-state index in [1.165, 1.54) is 12.5 Å². The van der Waals surface area contributed by atoms with Crippen LogP contribution in [0.1, 0.15) is 53.4 Å². The van der Waals surface area contributed by atoms with Crippen molar-refractivity contribution in [3.63, 3.8) is 0 Å². The minimum absolute atomic E-state index is 0.0877. The molecule has 0 aliphatic heterocycles. The summed E-state index contributed by atoms with van der Waals surface area (Å²) in [6.07, 6.45) is 5.39. The van der Waals surface area contributed by atoms with E-state index in [0.29, 0.717) is 0 Å². The molecule has 0 aromatic rings. The maximum atomic E-state index is 11.4. The van der Waals surface area contributed by atoms with Crippen LogP contribution in [-0.4, -0.2) is 23.3 Å². The second-order valence-electron chi connectivity index (χ2n) is 6.93. The Balaban J connectivity index is 2.25. The number of ether oxygens (including phenoxy) is 1. The Hall–Kier alpha value is -0.830. The van der Waals surface area contributed by atoms with Crippen molar-refractivity contribution < 1.29 is 14.6 Å². The van der Waals surface area contributed by atoms with E-state index >= 15 is 0 Å². The highest BCUT2D eigenvalue weighted by Crippen LogP contribution is 2.56. The summed E-state index contributed by atoms with van der Waals surface area (Å²) in [7, 11) is 0. The van der Waals surface area contributed by atoms with E-state index in [9.17, 15) is 9.90 Å². The van der Waals surface area contributed by atoms with Crippen molar-refractivity contribution in [1.29, 1.82) is 0 Å². The molecule has 4 atom stereocenters. The molecule has 0 aromatic carbocycles. The smallest absolute Gasteiger partial charge is 0.302 e. The zero-order valence-electron chi connectivity index (χ0n) is 12.5. The molecule has 0 amide bonds. The first-order valence-corrected chi connectivity index (χ1v) is 7.32. The highest BCUT2D eigenvalue weighted by Gasteiger charge is 2.54. The van der Waals surface area contributed by atoms with Crippen LogP contribution in [0.5, 0.6) is 0 Å². The van der Waals surface area contributed by atoms with E-state index in [0.717, 1.165) is 25.7 Å². The summed E-state index contributed by atoms with van der Waals surface area (Å²) >= 11 is 0. The minimum Gasteiger partial charge on any atom is -0.462 e. The third kappa shape index (κ3) is 3.02. The van der Waals surface area contributed by atoms with Crippen LogP contribution in [0.3, 0.4) is 0 Å². The Morgan fingerprint density at radius 3 is 2.74 bits per heavy atom. The summed E-state index contributed by atoms with van der Waals surface area (Å²) in [6, 6.07) is 0. The molecule has 2 rings (SSSR count). The maximum Gasteiger partial charge on any atom is 0.302 e. The number of hydrogen-bond acceptors (Lipinski definition) is 3. The molecule has 0 spiro atoms. The highest BCUT2D eigenvalue weighted by molar-refractivity contribution is 5.66. The van der Waals surface area contributed by atoms with Crippen LogP contribution in [0.15, 0.2) is 11.6 Å². The summed E-state index contributed by atoms with van der Waals surface area (Å²) in [5, 5.41) is 10.3. The second kappa shape index (κ2) is 5.28. The first-order valence-electron chi connectivity index (χ1n) is 7.32. The molecule has 0 saturated heterocycles. The summed E-state index contributed by atoms with van der Waals surface area (Å²) in [5.74, 6) is 0.333. The van der Waals surface area contributed by atoms with Gasteiger partial charge in [-0.2, -0.15) is 0 Å². The lowest BCUT2D eigenvalue weighted by Gasteiger charge is -2.55. The van der Waals surface area contributed by atoms with Gasteiger partial charge in [0.25, 0.3) is 0 Å². The third-order valence-corrected chi connectivity index (χ3v) is 4.82. The number of carbonyl (C=O) groups excluding carboxylic acids is 1. The molecule has 19 heavy (non-hydrogen) atoms. The highest BCUT2D eigenvalue weighted by atomic mass is 16.5. The molecule has 0 heterocycles. The monoisotopic (exact) mass is 266 g/mol. The largest absolute Gasteiger partial charge is 0.462 e. The van der Waals surface area contributed by atoms with Crippen molar-refractivity contribution in [2.75, 3.05) is 0 Å². The van der Waals surface area contributed by atoms with Gasteiger partial charge in [-0.3, -0.25) is 4.79 Å². The number of esters is 1. The van der Waals surface area contributed by atoms with Crippen molar-refractivity contribution in [2.45, 2.75) is 65.6 Å². The van der Waals surface area contributed by atoms with Crippen molar-refractivity contribution in [3.05, 3.63) is 11.6 Å². The first-order chi connectivity index (χ1) is 8.81. The summed E-state index contributed by atoms with van der Waals surface area (Å²) < 4.78 is 5.58. The molecule has 0 aromatic heterocycles. The van der Waals surface area contributed by atoms with Crippen molar-refractivity contribution in [3.8, 4) is 0 Å². The Morgan fingerprint density at radius 2 is 2.16 bits per heavy atom. The number of hydrogen-bond donors (Lipinski definition) is 1. The lowest BCUT2D eigenvalue weighted by atomic mass is 9.51. The van der Waals surface area contributed by atoms with Gasteiger partial charge < -0.3 is 9.84 Å². The van der Waals surface area contributed by atoms with Gasteiger partial charge in [0.05, 0.1) is 6.10 Å². The Kier molecular flexibility index (Phi) is 4.05. The molecular formula is C16H26O3. The Bertz CT molecular complexity index is 383. The minimum atomic E-state index is -0.266. The van der Waals surface area contributed by atoms with Gasteiger partial charge >= 0.3 is 5.97 Å². The fourth-order valence-corrected chi connectivity index (χ4v) is 4.01. The standard InChI is InChI=1S/C16H26O3/c1-10-6-5-7-13(18)12-9-16(3,4)15(12)14(8-10)19-11(2)17/h6,12-15,18H,5,7-9H2,1-4H3. The van der Waals surface area contributed by atoms with Gasteiger partial charge in [-0.1, -0.05) is 25.5 Å². The second-order valence-corrected chi connectivity index (χ2v) is 6.93. The van der Waals surface area contributed by atoms with Crippen LogP contribution in [0.4, 0.5) is 0 Å². The van der Waals surface area contributed by atoms with Crippen LogP contribution >= 0.6 is 0 Å². The molecule has 4 unspecified atom stereocenters. The van der Waals surface area contributed by atoms with Gasteiger partial charge in [-0.05, 0) is 37.5 Å². The predicted octanol–water partition coefficient (Wildman–Crippen LogP) is 3.07. The van der Waals surface area contributed by atoms with E-state index in [2.05, 4.69) is 26.8 Å². The van der Waals surface area contributed by atoms with Crippen LogP contribution in [0.2, 0.25) is 0 Å². The normalized spacial score (nSPS) is 37.8. The van der Waals surface area contributed by atoms with Gasteiger partial charge in [0.15, 0.2) is 0 Å². The molecule has 3 heteroatoms. The number of allylic oxidation sites excluding steroid dienone is 1. The number of aliphatic hydroxyl groups excluding tert-OH is 1. The molecule has 0 radical (unpaired) electrons. The average Bonchev–Trinajstić information content (AvgIpc) is 2.27. The lowest BCUT2D eigenvalue weighted by Crippen LogP contribution is -2.55. The molecule has 0 bridgehead atoms. The van der Waals surface area contributed by atoms with Crippen LogP contribution in [0.25, 0.3) is 0 Å². The molecule has 108 valence electrons. The van der Waals surface area contributed by atoms with Crippen molar-refractivity contribution in [2.24, 2.45) is 17.3 Å². The predicted molar refractivity (Wildman–Crippen MR) is 74.5 cm³/mol. The van der Waals surface area contributed by atoms with Gasteiger partial charge in [0.2, 0.25) is 0 Å². The Morgan fingerprint density at radius 1 is 1.47 bits per heavy atom. The van der Waals surface area contributed by atoms with E-state index < -0.39 is 0 Å². The van der Waals surface area contributed by atoms with E-state index in [1.807, 2.05) is 0 Å². The van der Waals surface area contributed by atoms with Gasteiger partial charge in [0.1, 0.15) is 6.10 Å².